The summed E-state index contributed by atoms with van der Waals surface area (Å²) in [7, 11) is 0. The van der Waals surface area contributed by atoms with Crippen molar-refractivity contribution >= 4 is 23.0 Å². The van der Waals surface area contributed by atoms with Crippen molar-refractivity contribution in [1.29, 1.82) is 0 Å². The van der Waals surface area contributed by atoms with Gasteiger partial charge in [0, 0.05) is 49.1 Å². The van der Waals surface area contributed by atoms with E-state index in [9.17, 15) is 9.18 Å². The van der Waals surface area contributed by atoms with Gasteiger partial charge in [0.1, 0.15) is 12.4 Å². The van der Waals surface area contributed by atoms with Gasteiger partial charge in [-0.25, -0.2) is 4.39 Å². The number of aliphatic imine (C=N–C) groups is 1. The molecule has 0 atom stereocenters. The zero-order chi connectivity index (χ0) is 27.9. The second-order valence-electron chi connectivity index (χ2n) is 10.0. The molecule has 8 heteroatoms. The Kier molecular flexibility index (Phi) is 8.96. The maximum Gasteiger partial charge on any atom is 0.246 e. The number of carbonyl (C=O) groups is 1. The standard InChI is InChI=1S/C32H37FN4O3/c1-3-39-29-20-27-28(21-30(29)40-4-2)35-31(38)22-34-32(27)24-9-7-23(8-10-24)6-5-15-36-16-18-37(19-17-36)26-13-11-25(33)12-14-26/h7-14,20-21H,3-6,15-19,22H2,1-2H3,(H,35,38). The molecule has 0 aromatic heterocycles. The topological polar surface area (TPSA) is 66.4 Å². The lowest BCUT2D eigenvalue weighted by atomic mass is 9.98. The molecule has 5 rings (SSSR count). The lowest BCUT2D eigenvalue weighted by molar-refractivity contribution is -0.114. The van der Waals surface area contributed by atoms with Crippen molar-refractivity contribution in [3.8, 4) is 11.5 Å². The van der Waals surface area contributed by atoms with E-state index in [0.717, 1.165) is 68.1 Å². The fraction of sp³-hybridized carbons (Fsp3) is 0.375. The van der Waals surface area contributed by atoms with E-state index in [-0.39, 0.29) is 18.3 Å². The molecule has 2 aliphatic heterocycles. The van der Waals surface area contributed by atoms with Crippen LogP contribution in [0.2, 0.25) is 0 Å². The number of benzodiazepines with no additional fused rings is 1. The molecule has 2 aliphatic rings. The predicted molar refractivity (Wildman–Crippen MR) is 158 cm³/mol. The van der Waals surface area contributed by atoms with Gasteiger partial charge in [-0.1, -0.05) is 24.3 Å². The number of nitrogens with zero attached hydrogens (tertiary/aromatic N) is 3. The molecule has 0 bridgehead atoms. The summed E-state index contributed by atoms with van der Waals surface area (Å²) >= 11 is 0. The number of halogens is 1. The number of piperazine rings is 1. The second-order valence-corrected chi connectivity index (χ2v) is 10.0. The number of anilines is 2. The quantitative estimate of drug-likeness (QED) is 0.382. The monoisotopic (exact) mass is 544 g/mol. The van der Waals surface area contributed by atoms with Crippen molar-refractivity contribution in [3.63, 3.8) is 0 Å². The van der Waals surface area contributed by atoms with Crippen LogP contribution in [0.4, 0.5) is 15.8 Å². The van der Waals surface area contributed by atoms with Crippen molar-refractivity contribution in [3.05, 3.63) is 83.2 Å². The number of benzene rings is 3. The number of rotatable bonds is 10. The van der Waals surface area contributed by atoms with Gasteiger partial charge in [0.15, 0.2) is 11.5 Å². The van der Waals surface area contributed by atoms with E-state index in [4.69, 9.17) is 9.47 Å². The van der Waals surface area contributed by atoms with Crippen LogP contribution >= 0.6 is 0 Å². The molecule has 0 saturated carbocycles. The lowest BCUT2D eigenvalue weighted by Crippen LogP contribution is -2.46. The van der Waals surface area contributed by atoms with Gasteiger partial charge in [0.2, 0.25) is 5.91 Å². The van der Waals surface area contributed by atoms with E-state index >= 15 is 0 Å². The zero-order valence-corrected chi connectivity index (χ0v) is 23.3. The first-order valence-electron chi connectivity index (χ1n) is 14.1. The van der Waals surface area contributed by atoms with Gasteiger partial charge in [-0.3, -0.25) is 14.7 Å². The fourth-order valence-corrected chi connectivity index (χ4v) is 5.29. The Hall–Kier alpha value is -3.91. The van der Waals surface area contributed by atoms with Crippen molar-refractivity contribution in [2.45, 2.75) is 26.7 Å². The highest BCUT2D eigenvalue weighted by Crippen LogP contribution is 2.36. The summed E-state index contributed by atoms with van der Waals surface area (Å²) in [6, 6.07) is 19.0. The molecule has 1 saturated heterocycles. The predicted octanol–water partition coefficient (Wildman–Crippen LogP) is 5.17. The Bertz CT molecular complexity index is 1330. The third-order valence-corrected chi connectivity index (χ3v) is 7.32. The number of nitrogens with one attached hydrogen (secondary N) is 1. The molecule has 0 aliphatic carbocycles. The number of amides is 1. The summed E-state index contributed by atoms with van der Waals surface area (Å²) in [5.41, 5.74) is 5.60. The number of hydrogen-bond donors (Lipinski definition) is 1. The molecule has 2 heterocycles. The van der Waals surface area contributed by atoms with Crippen LogP contribution in [-0.4, -0.2) is 69.0 Å². The summed E-state index contributed by atoms with van der Waals surface area (Å²) in [5.74, 6) is 0.901. The van der Waals surface area contributed by atoms with Crippen LogP contribution in [0, 0.1) is 5.82 Å². The highest BCUT2D eigenvalue weighted by molar-refractivity contribution is 6.19. The highest BCUT2D eigenvalue weighted by atomic mass is 19.1. The van der Waals surface area contributed by atoms with E-state index in [1.807, 2.05) is 38.1 Å². The Labute approximate surface area is 235 Å². The van der Waals surface area contributed by atoms with Crippen LogP contribution < -0.4 is 19.7 Å². The van der Waals surface area contributed by atoms with Crippen molar-refractivity contribution < 1.29 is 18.7 Å². The molecule has 1 N–H and O–H groups in total. The molecule has 1 amide bonds. The van der Waals surface area contributed by atoms with Gasteiger partial charge in [0.05, 0.1) is 24.6 Å². The molecule has 1 fully saturated rings. The molecule has 3 aromatic carbocycles. The molecule has 0 radical (unpaired) electrons. The summed E-state index contributed by atoms with van der Waals surface area (Å²) in [6.45, 7) is 9.92. The fourth-order valence-electron chi connectivity index (χ4n) is 5.29. The average molecular weight is 545 g/mol. The first-order chi connectivity index (χ1) is 19.5. The average Bonchev–Trinajstić information content (AvgIpc) is 3.12. The Morgan fingerprint density at radius 1 is 0.900 bits per heavy atom. The van der Waals surface area contributed by atoms with Gasteiger partial charge in [0.25, 0.3) is 0 Å². The van der Waals surface area contributed by atoms with Crippen molar-refractivity contribution in [2.24, 2.45) is 4.99 Å². The zero-order valence-electron chi connectivity index (χ0n) is 23.3. The Balaban J connectivity index is 1.20. The van der Waals surface area contributed by atoms with Gasteiger partial charge in [-0.15, -0.1) is 0 Å². The van der Waals surface area contributed by atoms with E-state index in [0.29, 0.717) is 30.4 Å². The Morgan fingerprint density at radius 3 is 2.25 bits per heavy atom. The van der Waals surface area contributed by atoms with Crippen LogP contribution in [0.25, 0.3) is 0 Å². The molecule has 0 spiro atoms. The van der Waals surface area contributed by atoms with E-state index < -0.39 is 0 Å². The molecule has 0 unspecified atom stereocenters. The molecular formula is C32H37FN4O3. The highest BCUT2D eigenvalue weighted by Gasteiger charge is 2.22. The van der Waals surface area contributed by atoms with Gasteiger partial charge in [-0.2, -0.15) is 0 Å². The normalized spacial score (nSPS) is 15.6. The largest absolute Gasteiger partial charge is 0.490 e. The third kappa shape index (κ3) is 6.62. The maximum atomic E-state index is 13.2. The molecule has 3 aromatic rings. The van der Waals surface area contributed by atoms with Crippen LogP contribution in [0.15, 0.2) is 65.7 Å². The summed E-state index contributed by atoms with van der Waals surface area (Å²) in [6.07, 6.45) is 2.07. The molecule has 7 nitrogen and oxygen atoms in total. The number of carbonyl (C=O) groups excluding carboxylic acids is 1. The van der Waals surface area contributed by atoms with Crippen LogP contribution in [0.1, 0.15) is 37.0 Å². The lowest BCUT2D eigenvalue weighted by Gasteiger charge is -2.36. The summed E-state index contributed by atoms with van der Waals surface area (Å²) < 4.78 is 24.8. The minimum Gasteiger partial charge on any atom is -0.490 e. The first kappa shape index (κ1) is 27.6. The molecule has 210 valence electrons. The van der Waals surface area contributed by atoms with E-state index in [1.165, 1.54) is 17.7 Å². The number of fused-ring (bicyclic) bond motifs is 1. The molecular weight excluding hydrogens is 507 g/mol. The van der Waals surface area contributed by atoms with Crippen LogP contribution in [-0.2, 0) is 11.2 Å². The minimum absolute atomic E-state index is 0.0636. The van der Waals surface area contributed by atoms with Crippen LogP contribution in [0.5, 0.6) is 11.5 Å². The first-order valence-corrected chi connectivity index (χ1v) is 14.1. The van der Waals surface area contributed by atoms with Crippen LogP contribution in [0.3, 0.4) is 0 Å². The summed E-state index contributed by atoms with van der Waals surface area (Å²) in [5, 5.41) is 2.96. The summed E-state index contributed by atoms with van der Waals surface area (Å²) in [4.78, 5) is 21.9. The van der Waals surface area contributed by atoms with Gasteiger partial charge < -0.3 is 19.7 Å². The minimum atomic E-state index is -0.193. The number of aryl methyl sites for hydroxylation is 1. The van der Waals surface area contributed by atoms with Gasteiger partial charge >= 0.3 is 0 Å². The Morgan fingerprint density at radius 2 is 1.57 bits per heavy atom. The van der Waals surface area contributed by atoms with Crippen molar-refractivity contribution in [1.82, 2.24) is 4.90 Å². The third-order valence-electron chi connectivity index (χ3n) is 7.32. The smallest absolute Gasteiger partial charge is 0.246 e. The SMILES string of the molecule is CCOc1cc2c(cc1OCC)C(c1ccc(CCCN3CCN(c4ccc(F)cc4)CC3)cc1)=NCC(=O)N2. The number of hydrogen-bond acceptors (Lipinski definition) is 6. The van der Waals surface area contributed by atoms with E-state index in [1.54, 1.807) is 0 Å². The van der Waals surface area contributed by atoms with Crippen molar-refractivity contribution in [2.75, 3.05) is 62.7 Å². The second kappa shape index (κ2) is 13.0. The maximum absolute atomic E-state index is 13.2. The van der Waals surface area contributed by atoms with Gasteiger partial charge in [-0.05, 0) is 69.1 Å². The molecule has 40 heavy (non-hydrogen) atoms. The van der Waals surface area contributed by atoms with E-state index in [2.05, 4.69) is 44.4 Å². The number of ether oxygens (including phenoxy) is 2.